The van der Waals surface area contributed by atoms with Gasteiger partial charge in [0.15, 0.2) is 0 Å². The van der Waals surface area contributed by atoms with E-state index in [9.17, 15) is 14.7 Å². The summed E-state index contributed by atoms with van der Waals surface area (Å²) in [4.78, 5) is 33.8. The van der Waals surface area contributed by atoms with Crippen LogP contribution in [0, 0.1) is 6.92 Å². The fourth-order valence-corrected chi connectivity index (χ4v) is 7.34. The number of aliphatic hydroxyl groups is 1. The maximum Gasteiger partial charge on any atom is 0.254 e. The SMILES string of the molecule is Cc1csc(C2CCCN2C(=O)c2cccc(C(=O)N[C@@H](Cc3ccccc3)[C@H](O)[C@H]3CC[C@@H](c4ccccc4)N3)c2)n1. The molecule has 2 aliphatic heterocycles. The Balaban J connectivity index is 1.18. The third kappa shape index (κ3) is 6.72. The van der Waals surface area contributed by atoms with Gasteiger partial charge in [0.1, 0.15) is 5.01 Å². The zero-order chi connectivity index (χ0) is 29.8. The number of hydrogen-bond acceptors (Lipinski definition) is 6. The van der Waals surface area contributed by atoms with Crippen LogP contribution in [0.5, 0.6) is 0 Å². The molecule has 2 saturated heterocycles. The van der Waals surface area contributed by atoms with Gasteiger partial charge in [0.05, 0.1) is 18.2 Å². The number of hydrogen-bond donors (Lipinski definition) is 3. The summed E-state index contributed by atoms with van der Waals surface area (Å²) in [5, 5.41) is 21.3. The van der Waals surface area contributed by atoms with Gasteiger partial charge in [-0.1, -0.05) is 66.7 Å². The molecule has 1 aromatic heterocycles. The van der Waals surface area contributed by atoms with Crippen LogP contribution in [0.4, 0.5) is 0 Å². The van der Waals surface area contributed by atoms with Gasteiger partial charge in [0.25, 0.3) is 11.8 Å². The van der Waals surface area contributed by atoms with Crippen LogP contribution in [0.3, 0.4) is 0 Å². The summed E-state index contributed by atoms with van der Waals surface area (Å²) in [6.45, 7) is 2.64. The van der Waals surface area contributed by atoms with Crippen molar-refractivity contribution in [2.75, 3.05) is 6.54 Å². The number of aryl methyl sites for hydroxylation is 1. The van der Waals surface area contributed by atoms with Crippen LogP contribution < -0.4 is 10.6 Å². The van der Waals surface area contributed by atoms with Crippen molar-refractivity contribution in [1.82, 2.24) is 20.5 Å². The smallest absolute Gasteiger partial charge is 0.254 e. The van der Waals surface area contributed by atoms with Crippen molar-refractivity contribution in [3.63, 3.8) is 0 Å². The van der Waals surface area contributed by atoms with Gasteiger partial charge in [-0.15, -0.1) is 11.3 Å². The van der Waals surface area contributed by atoms with Gasteiger partial charge >= 0.3 is 0 Å². The molecular formula is C35H38N4O3S. The topological polar surface area (TPSA) is 94.6 Å². The number of nitrogens with one attached hydrogen (secondary N) is 2. The molecule has 0 bridgehead atoms. The summed E-state index contributed by atoms with van der Waals surface area (Å²) in [6, 6.07) is 26.6. The van der Waals surface area contributed by atoms with Crippen molar-refractivity contribution in [3.05, 3.63) is 123 Å². The molecule has 0 aliphatic carbocycles. The fourth-order valence-electron chi connectivity index (χ4n) is 6.40. The number of aromatic nitrogens is 1. The molecule has 7 nitrogen and oxygen atoms in total. The van der Waals surface area contributed by atoms with Gasteiger partial charge in [0.2, 0.25) is 0 Å². The quantitative estimate of drug-likeness (QED) is 0.234. The number of aliphatic hydroxyl groups excluding tert-OH is 1. The molecule has 1 unspecified atom stereocenters. The predicted octanol–water partition coefficient (Wildman–Crippen LogP) is 5.62. The molecule has 3 N–H and O–H groups in total. The molecule has 2 fully saturated rings. The summed E-state index contributed by atoms with van der Waals surface area (Å²) < 4.78 is 0. The number of amides is 2. The molecule has 3 aromatic carbocycles. The van der Waals surface area contributed by atoms with Gasteiger partial charge in [0, 0.05) is 40.8 Å². The van der Waals surface area contributed by atoms with Crippen LogP contribution in [0.15, 0.2) is 90.3 Å². The molecule has 43 heavy (non-hydrogen) atoms. The molecular weight excluding hydrogens is 556 g/mol. The Morgan fingerprint density at radius 1 is 1.00 bits per heavy atom. The Bertz CT molecular complexity index is 1540. The largest absolute Gasteiger partial charge is 0.389 e. The maximum atomic E-state index is 13.7. The zero-order valence-electron chi connectivity index (χ0n) is 24.4. The fraction of sp³-hybridized carbons (Fsp3) is 0.343. The van der Waals surface area contributed by atoms with Crippen molar-refractivity contribution in [2.24, 2.45) is 0 Å². The van der Waals surface area contributed by atoms with Crippen LogP contribution in [0.2, 0.25) is 0 Å². The summed E-state index contributed by atoms with van der Waals surface area (Å²) in [6.07, 6.45) is 3.23. The van der Waals surface area contributed by atoms with Gasteiger partial charge in [-0.05, 0) is 68.4 Å². The first-order valence-corrected chi connectivity index (χ1v) is 16.0. The highest BCUT2D eigenvalue weighted by Gasteiger charge is 2.36. The standard InChI is InChI=1S/C35H38N4O3S/c1-23-22-43-34(36-23)31-16-9-19-39(31)35(42)27-15-8-14-26(21-27)33(41)38-30(20-24-10-4-2-5-11-24)32(40)29-18-17-28(37-29)25-12-6-3-7-13-25/h2-8,10-15,21-22,28-32,37,40H,9,16-20H2,1H3,(H,38,41)/t28-,29+,30-,31?,32+/m0/s1. The van der Waals surface area contributed by atoms with Crippen LogP contribution in [-0.4, -0.2) is 51.5 Å². The normalized spacial score (nSPS) is 21.4. The second kappa shape index (κ2) is 13.2. The van der Waals surface area contributed by atoms with E-state index in [0.29, 0.717) is 24.1 Å². The lowest BCUT2D eigenvalue weighted by atomic mass is 9.95. The molecule has 2 aliphatic rings. The first kappa shape index (κ1) is 29.2. The first-order valence-electron chi connectivity index (χ1n) is 15.1. The zero-order valence-corrected chi connectivity index (χ0v) is 25.2. The van der Waals surface area contributed by atoms with Crippen molar-refractivity contribution in [2.45, 2.75) is 69.3 Å². The van der Waals surface area contributed by atoms with Gasteiger partial charge in [-0.2, -0.15) is 0 Å². The minimum atomic E-state index is -0.796. The highest BCUT2D eigenvalue weighted by atomic mass is 32.1. The second-order valence-corrected chi connectivity index (χ2v) is 12.5. The van der Waals surface area contributed by atoms with Crippen molar-refractivity contribution in [3.8, 4) is 0 Å². The van der Waals surface area contributed by atoms with E-state index in [0.717, 1.165) is 41.9 Å². The first-order chi connectivity index (χ1) is 21.0. The Morgan fingerprint density at radius 2 is 1.74 bits per heavy atom. The van der Waals surface area contributed by atoms with Crippen molar-refractivity contribution >= 4 is 23.2 Å². The van der Waals surface area contributed by atoms with Gasteiger partial charge in [-0.3, -0.25) is 9.59 Å². The van der Waals surface area contributed by atoms with E-state index >= 15 is 0 Å². The lowest BCUT2D eigenvalue weighted by Crippen LogP contribution is -2.52. The highest BCUT2D eigenvalue weighted by molar-refractivity contribution is 7.09. The maximum absolute atomic E-state index is 13.7. The number of thiazole rings is 1. The summed E-state index contributed by atoms with van der Waals surface area (Å²) in [5.74, 6) is -0.395. The van der Waals surface area contributed by atoms with E-state index in [2.05, 4.69) is 27.8 Å². The van der Waals surface area contributed by atoms with E-state index in [-0.39, 0.29) is 29.9 Å². The molecule has 3 heterocycles. The van der Waals surface area contributed by atoms with E-state index in [4.69, 9.17) is 0 Å². The third-order valence-corrected chi connectivity index (χ3v) is 9.69. The number of carbonyl (C=O) groups is 2. The molecule has 0 spiro atoms. The molecule has 222 valence electrons. The van der Waals surface area contributed by atoms with E-state index in [1.165, 1.54) is 5.56 Å². The monoisotopic (exact) mass is 594 g/mol. The van der Waals surface area contributed by atoms with Crippen molar-refractivity contribution in [1.29, 1.82) is 0 Å². The molecule has 8 heteroatoms. The Morgan fingerprint density at radius 3 is 2.49 bits per heavy atom. The number of nitrogens with zero attached hydrogens (tertiary/aromatic N) is 2. The van der Waals surface area contributed by atoms with E-state index in [1.54, 1.807) is 35.6 Å². The molecule has 6 rings (SSSR count). The Hall–Kier alpha value is -3.85. The van der Waals surface area contributed by atoms with Crippen LogP contribution in [-0.2, 0) is 6.42 Å². The summed E-state index contributed by atoms with van der Waals surface area (Å²) in [7, 11) is 0. The predicted molar refractivity (Wildman–Crippen MR) is 169 cm³/mol. The number of rotatable bonds is 9. The Kier molecular flexibility index (Phi) is 8.98. The molecule has 0 saturated carbocycles. The highest BCUT2D eigenvalue weighted by Crippen LogP contribution is 2.35. The van der Waals surface area contributed by atoms with Crippen LogP contribution in [0.1, 0.15) is 80.3 Å². The number of carbonyl (C=O) groups excluding carboxylic acids is 2. The summed E-state index contributed by atoms with van der Waals surface area (Å²) >= 11 is 1.59. The average molecular weight is 595 g/mol. The molecule has 5 atom stereocenters. The lowest BCUT2D eigenvalue weighted by Gasteiger charge is -2.29. The number of likely N-dealkylation sites (tertiary alicyclic amines) is 1. The Labute approximate surface area is 257 Å². The lowest BCUT2D eigenvalue weighted by molar-refractivity contribution is 0.0729. The summed E-state index contributed by atoms with van der Waals surface area (Å²) in [5.41, 5.74) is 4.08. The minimum Gasteiger partial charge on any atom is -0.389 e. The minimum absolute atomic E-state index is 0.0345. The van der Waals surface area contributed by atoms with Gasteiger partial charge in [-0.25, -0.2) is 4.98 Å². The third-order valence-electron chi connectivity index (χ3n) is 8.63. The van der Waals surface area contributed by atoms with Crippen LogP contribution in [0.25, 0.3) is 0 Å². The average Bonchev–Trinajstić information content (AvgIpc) is 3.82. The van der Waals surface area contributed by atoms with E-state index in [1.807, 2.05) is 65.7 Å². The van der Waals surface area contributed by atoms with Crippen LogP contribution >= 0.6 is 11.3 Å². The number of benzene rings is 3. The van der Waals surface area contributed by atoms with Gasteiger partial charge < -0.3 is 20.6 Å². The van der Waals surface area contributed by atoms with E-state index < -0.39 is 12.1 Å². The van der Waals surface area contributed by atoms with Crippen molar-refractivity contribution < 1.29 is 14.7 Å². The molecule has 0 radical (unpaired) electrons. The molecule has 2 amide bonds. The molecule has 4 aromatic rings. The second-order valence-electron chi connectivity index (χ2n) is 11.6.